The van der Waals surface area contributed by atoms with Gasteiger partial charge in [0.1, 0.15) is 20.7 Å². The Morgan fingerprint density at radius 2 is 2.10 bits per heavy atom. The highest BCUT2D eigenvalue weighted by Gasteiger charge is 2.19. The molecule has 0 saturated carbocycles. The first-order chi connectivity index (χ1) is 9.40. The Bertz CT molecular complexity index is 599. The van der Waals surface area contributed by atoms with Crippen molar-refractivity contribution < 1.29 is 4.79 Å². The molecule has 2 heterocycles. The SMILES string of the molecule is CC(C)(C)c1nnc(CNC(=O)c2csc(CN)n2)s1. The molecule has 0 bridgehead atoms. The molecule has 0 atom stereocenters. The maximum absolute atomic E-state index is 11.9. The van der Waals surface area contributed by atoms with Gasteiger partial charge >= 0.3 is 0 Å². The van der Waals surface area contributed by atoms with Gasteiger partial charge < -0.3 is 11.1 Å². The topological polar surface area (TPSA) is 93.8 Å². The highest BCUT2D eigenvalue weighted by molar-refractivity contribution is 7.11. The molecule has 0 unspecified atom stereocenters. The summed E-state index contributed by atoms with van der Waals surface area (Å²) in [7, 11) is 0. The number of carbonyl (C=O) groups excluding carboxylic acids is 1. The predicted octanol–water partition coefficient (Wildman–Crippen LogP) is 1.68. The van der Waals surface area contributed by atoms with Crippen LogP contribution in [0.1, 0.15) is 46.3 Å². The van der Waals surface area contributed by atoms with Crippen molar-refractivity contribution in [3.63, 3.8) is 0 Å². The first-order valence-corrected chi connectivity index (χ1v) is 7.85. The second kappa shape index (κ2) is 5.94. The van der Waals surface area contributed by atoms with E-state index in [1.54, 1.807) is 5.38 Å². The molecule has 2 aromatic heterocycles. The molecular weight excluding hydrogens is 294 g/mol. The van der Waals surface area contributed by atoms with Crippen LogP contribution in [0.5, 0.6) is 0 Å². The number of carbonyl (C=O) groups is 1. The number of aromatic nitrogens is 3. The molecule has 2 rings (SSSR count). The van der Waals surface area contributed by atoms with Gasteiger partial charge in [-0.05, 0) is 0 Å². The average Bonchev–Trinajstić information content (AvgIpc) is 3.04. The lowest BCUT2D eigenvalue weighted by Gasteiger charge is -2.12. The second-order valence-electron chi connectivity index (χ2n) is 5.26. The van der Waals surface area contributed by atoms with E-state index in [0.717, 1.165) is 15.0 Å². The van der Waals surface area contributed by atoms with E-state index >= 15 is 0 Å². The van der Waals surface area contributed by atoms with E-state index in [2.05, 4.69) is 41.3 Å². The highest BCUT2D eigenvalue weighted by atomic mass is 32.1. The molecule has 0 aliphatic rings. The van der Waals surface area contributed by atoms with Crippen molar-refractivity contribution in [2.24, 2.45) is 5.73 Å². The molecule has 0 aliphatic heterocycles. The molecule has 0 saturated heterocycles. The summed E-state index contributed by atoms with van der Waals surface area (Å²) in [6, 6.07) is 0. The normalized spacial score (nSPS) is 11.6. The van der Waals surface area contributed by atoms with Crippen LogP contribution in [0.25, 0.3) is 0 Å². The number of nitrogens with one attached hydrogen (secondary N) is 1. The summed E-state index contributed by atoms with van der Waals surface area (Å²) < 4.78 is 0. The van der Waals surface area contributed by atoms with E-state index in [-0.39, 0.29) is 11.3 Å². The summed E-state index contributed by atoms with van der Waals surface area (Å²) in [6.45, 7) is 6.96. The zero-order valence-electron chi connectivity index (χ0n) is 11.6. The van der Waals surface area contributed by atoms with Crippen LogP contribution in [0.2, 0.25) is 0 Å². The van der Waals surface area contributed by atoms with Crippen molar-refractivity contribution in [1.82, 2.24) is 20.5 Å². The zero-order valence-corrected chi connectivity index (χ0v) is 13.3. The van der Waals surface area contributed by atoms with Crippen LogP contribution in [0.4, 0.5) is 0 Å². The minimum absolute atomic E-state index is 0.0229. The Hall–Kier alpha value is -1.38. The standard InChI is InChI=1S/C12H17N5OS2/c1-12(2,3)11-17-16-9(20-11)5-14-10(18)7-6-19-8(4-13)15-7/h6H,4-5,13H2,1-3H3,(H,14,18). The Kier molecular flexibility index (Phi) is 4.46. The minimum atomic E-state index is -0.214. The summed E-state index contributed by atoms with van der Waals surface area (Å²) >= 11 is 2.90. The van der Waals surface area contributed by atoms with Crippen LogP contribution in [-0.2, 0) is 18.5 Å². The van der Waals surface area contributed by atoms with Gasteiger partial charge in [-0.15, -0.1) is 21.5 Å². The number of thiazole rings is 1. The first-order valence-electron chi connectivity index (χ1n) is 6.15. The van der Waals surface area contributed by atoms with Gasteiger partial charge in [-0.2, -0.15) is 0 Å². The van der Waals surface area contributed by atoms with Gasteiger partial charge in [-0.1, -0.05) is 32.1 Å². The number of hydrogen-bond donors (Lipinski definition) is 2. The molecule has 0 fully saturated rings. The van der Waals surface area contributed by atoms with Crippen LogP contribution < -0.4 is 11.1 Å². The molecule has 1 amide bonds. The van der Waals surface area contributed by atoms with Gasteiger partial charge in [-0.25, -0.2) is 4.98 Å². The van der Waals surface area contributed by atoms with Gasteiger partial charge in [0, 0.05) is 17.3 Å². The smallest absolute Gasteiger partial charge is 0.271 e. The molecule has 6 nitrogen and oxygen atoms in total. The van der Waals surface area contributed by atoms with E-state index < -0.39 is 0 Å². The van der Waals surface area contributed by atoms with Crippen molar-refractivity contribution in [2.75, 3.05) is 0 Å². The van der Waals surface area contributed by atoms with Crippen LogP contribution in [-0.4, -0.2) is 21.1 Å². The fourth-order valence-electron chi connectivity index (χ4n) is 1.38. The van der Waals surface area contributed by atoms with Crippen LogP contribution in [0.3, 0.4) is 0 Å². The Morgan fingerprint density at radius 3 is 2.65 bits per heavy atom. The zero-order chi connectivity index (χ0) is 14.8. The molecule has 8 heteroatoms. The molecule has 0 aliphatic carbocycles. The van der Waals surface area contributed by atoms with E-state index in [1.165, 1.54) is 22.7 Å². The van der Waals surface area contributed by atoms with Gasteiger partial charge in [0.25, 0.3) is 5.91 Å². The van der Waals surface area contributed by atoms with E-state index in [4.69, 9.17) is 5.73 Å². The molecule has 108 valence electrons. The predicted molar refractivity (Wildman–Crippen MR) is 79.8 cm³/mol. The minimum Gasteiger partial charge on any atom is -0.344 e. The number of nitrogens with two attached hydrogens (primary N) is 1. The third kappa shape index (κ3) is 3.59. The fraction of sp³-hybridized carbons (Fsp3) is 0.500. The molecule has 0 radical (unpaired) electrons. The van der Waals surface area contributed by atoms with Gasteiger partial charge in [0.05, 0.1) is 6.54 Å². The maximum Gasteiger partial charge on any atom is 0.271 e. The molecule has 3 N–H and O–H groups in total. The number of rotatable bonds is 4. The van der Waals surface area contributed by atoms with Crippen molar-refractivity contribution >= 4 is 28.6 Å². The van der Waals surface area contributed by atoms with Gasteiger partial charge in [0.2, 0.25) is 0 Å². The quantitative estimate of drug-likeness (QED) is 0.896. The third-order valence-corrected chi connectivity index (χ3v) is 4.69. The summed E-state index contributed by atoms with van der Waals surface area (Å²) in [5, 5.41) is 15.2. The third-order valence-electron chi connectivity index (χ3n) is 2.47. The molecule has 2 aromatic rings. The summed E-state index contributed by atoms with van der Waals surface area (Å²) in [5.74, 6) is -0.214. The lowest BCUT2D eigenvalue weighted by Crippen LogP contribution is -2.23. The van der Waals surface area contributed by atoms with Crippen molar-refractivity contribution in [3.8, 4) is 0 Å². The van der Waals surface area contributed by atoms with Crippen LogP contribution in [0.15, 0.2) is 5.38 Å². The lowest BCUT2D eigenvalue weighted by molar-refractivity contribution is 0.0946. The Labute approximate surface area is 125 Å². The highest BCUT2D eigenvalue weighted by Crippen LogP contribution is 2.25. The van der Waals surface area contributed by atoms with Crippen LogP contribution >= 0.6 is 22.7 Å². The summed E-state index contributed by atoms with van der Waals surface area (Å²) in [4.78, 5) is 16.0. The molecule has 0 spiro atoms. The average molecular weight is 311 g/mol. The molecular formula is C12H17N5OS2. The van der Waals surface area contributed by atoms with E-state index in [1.807, 2.05) is 0 Å². The Morgan fingerprint density at radius 1 is 1.35 bits per heavy atom. The first kappa shape index (κ1) is 15.0. The number of amides is 1. The fourth-order valence-corrected chi connectivity index (χ4v) is 2.88. The van der Waals surface area contributed by atoms with Gasteiger partial charge in [-0.3, -0.25) is 4.79 Å². The van der Waals surface area contributed by atoms with Crippen molar-refractivity contribution in [3.05, 3.63) is 26.1 Å². The maximum atomic E-state index is 11.9. The van der Waals surface area contributed by atoms with Crippen LogP contribution in [0, 0.1) is 0 Å². The lowest BCUT2D eigenvalue weighted by atomic mass is 9.98. The molecule has 0 aromatic carbocycles. The van der Waals surface area contributed by atoms with Crippen molar-refractivity contribution in [2.45, 2.75) is 39.3 Å². The Balaban J connectivity index is 1.95. The second-order valence-corrected chi connectivity index (χ2v) is 7.27. The van der Waals surface area contributed by atoms with E-state index in [0.29, 0.717) is 18.8 Å². The number of nitrogens with zero attached hydrogens (tertiary/aromatic N) is 3. The summed E-state index contributed by atoms with van der Waals surface area (Å²) in [6.07, 6.45) is 0. The number of hydrogen-bond acceptors (Lipinski definition) is 7. The monoisotopic (exact) mass is 311 g/mol. The largest absolute Gasteiger partial charge is 0.344 e. The molecule has 20 heavy (non-hydrogen) atoms. The van der Waals surface area contributed by atoms with Crippen molar-refractivity contribution in [1.29, 1.82) is 0 Å². The summed E-state index contributed by atoms with van der Waals surface area (Å²) in [5.41, 5.74) is 5.85. The van der Waals surface area contributed by atoms with Gasteiger partial charge in [0.15, 0.2) is 0 Å². The van der Waals surface area contributed by atoms with E-state index in [9.17, 15) is 4.79 Å².